The summed E-state index contributed by atoms with van der Waals surface area (Å²) in [5.41, 5.74) is -2.02. The fourth-order valence-electron chi connectivity index (χ4n) is 1.26. The molecule has 0 heterocycles. The Bertz CT molecular complexity index is 183. The van der Waals surface area contributed by atoms with E-state index in [-0.39, 0.29) is 11.8 Å². The zero-order valence-corrected chi connectivity index (χ0v) is 8.63. The van der Waals surface area contributed by atoms with Gasteiger partial charge in [0.05, 0.1) is 13.7 Å². The second-order valence-corrected chi connectivity index (χ2v) is 4.42. The van der Waals surface area contributed by atoms with Crippen LogP contribution in [0, 0.1) is 5.41 Å². The summed E-state index contributed by atoms with van der Waals surface area (Å²) in [6.07, 6.45) is 0.170. The zero-order chi connectivity index (χ0) is 10.7. The lowest BCUT2D eigenvalue weighted by atomic mass is 9.82. The average Bonchev–Trinajstić information content (AvgIpc) is 1.99. The lowest BCUT2D eigenvalue weighted by Crippen LogP contribution is -2.46. The molecule has 0 aromatic rings. The summed E-state index contributed by atoms with van der Waals surface area (Å²) in [7, 11) is 1.19. The molecule has 0 saturated carbocycles. The third-order valence-corrected chi connectivity index (χ3v) is 1.65. The first kappa shape index (κ1) is 12.4. The third-order valence-electron chi connectivity index (χ3n) is 1.65. The Morgan fingerprint density at radius 3 is 2.08 bits per heavy atom. The van der Waals surface area contributed by atoms with Gasteiger partial charge in [-0.15, -0.1) is 0 Å². The van der Waals surface area contributed by atoms with Crippen LogP contribution in [0.2, 0.25) is 0 Å². The molecule has 0 aromatic heterocycles. The lowest BCUT2D eigenvalue weighted by molar-refractivity contribution is -0.170. The highest BCUT2D eigenvalue weighted by atomic mass is 16.5. The van der Waals surface area contributed by atoms with Gasteiger partial charge >= 0.3 is 5.97 Å². The molecule has 13 heavy (non-hydrogen) atoms. The van der Waals surface area contributed by atoms with Crippen molar-refractivity contribution in [3.63, 3.8) is 0 Å². The van der Waals surface area contributed by atoms with Crippen molar-refractivity contribution in [1.29, 1.82) is 0 Å². The third kappa shape index (κ3) is 3.74. The van der Waals surface area contributed by atoms with E-state index in [1.54, 1.807) is 0 Å². The molecule has 0 fully saturated rings. The molecule has 0 radical (unpaired) electrons. The standard InChI is InChI=1S/C9H18O4/c1-8(2,3)5-9(12,6-10)7(11)13-4/h10,12H,5-6H2,1-4H3. The highest BCUT2D eigenvalue weighted by Crippen LogP contribution is 2.27. The first-order chi connectivity index (χ1) is 5.75. The van der Waals surface area contributed by atoms with E-state index in [0.717, 1.165) is 0 Å². The number of ether oxygens (including phenoxy) is 1. The van der Waals surface area contributed by atoms with Gasteiger partial charge in [0.2, 0.25) is 0 Å². The number of hydrogen-bond donors (Lipinski definition) is 2. The van der Waals surface area contributed by atoms with Crippen LogP contribution < -0.4 is 0 Å². The van der Waals surface area contributed by atoms with Gasteiger partial charge < -0.3 is 14.9 Å². The molecule has 0 aliphatic heterocycles. The van der Waals surface area contributed by atoms with Crippen molar-refractivity contribution >= 4 is 5.97 Å². The SMILES string of the molecule is COC(=O)C(O)(CO)CC(C)(C)C. The maximum atomic E-state index is 11.1. The van der Waals surface area contributed by atoms with Crippen LogP contribution in [0.15, 0.2) is 0 Å². The van der Waals surface area contributed by atoms with E-state index < -0.39 is 18.2 Å². The van der Waals surface area contributed by atoms with Crippen molar-refractivity contribution in [3.05, 3.63) is 0 Å². The molecule has 1 unspecified atom stereocenters. The molecule has 1 atom stereocenters. The van der Waals surface area contributed by atoms with Crippen molar-refractivity contribution in [2.45, 2.75) is 32.8 Å². The Morgan fingerprint density at radius 1 is 1.38 bits per heavy atom. The number of rotatable bonds is 3. The first-order valence-electron chi connectivity index (χ1n) is 4.17. The van der Waals surface area contributed by atoms with Crippen molar-refractivity contribution in [1.82, 2.24) is 0 Å². The molecular weight excluding hydrogens is 172 g/mol. The molecule has 0 aromatic carbocycles. The maximum absolute atomic E-state index is 11.1. The minimum atomic E-state index is -1.77. The normalized spacial score (nSPS) is 16.5. The van der Waals surface area contributed by atoms with Gasteiger partial charge in [-0.2, -0.15) is 0 Å². The van der Waals surface area contributed by atoms with E-state index in [0.29, 0.717) is 0 Å². The lowest BCUT2D eigenvalue weighted by Gasteiger charge is -2.30. The van der Waals surface area contributed by atoms with Gasteiger partial charge in [-0.1, -0.05) is 20.8 Å². The minimum Gasteiger partial charge on any atom is -0.467 e. The fraction of sp³-hybridized carbons (Fsp3) is 0.889. The summed E-state index contributed by atoms with van der Waals surface area (Å²) >= 11 is 0. The van der Waals surface area contributed by atoms with Gasteiger partial charge in [0.1, 0.15) is 0 Å². The van der Waals surface area contributed by atoms with E-state index in [1.807, 2.05) is 20.8 Å². The molecule has 2 N–H and O–H groups in total. The maximum Gasteiger partial charge on any atom is 0.340 e. The molecule has 4 nitrogen and oxygen atoms in total. The average molecular weight is 190 g/mol. The second-order valence-electron chi connectivity index (χ2n) is 4.42. The number of hydrogen-bond acceptors (Lipinski definition) is 4. The number of carbonyl (C=O) groups excluding carboxylic acids is 1. The van der Waals surface area contributed by atoms with Gasteiger partial charge in [-0.3, -0.25) is 0 Å². The molecule has 0 aliphatic rings. The number of aliphatic hydroxyl groups excluding tert-OH is 1. The van der Waals surface area contributed by atoms with Gasteiger partial charge in [-0.05, 0) is 11.8 Å². The predicted octanol–water partition coefficient (Wildman–Crippen LogP) is 0.319. The zero-order valence-electron chi connectivity index (χ0n) is 8.63. The Labute approximate surface area is 78.5 Å². The highest BCUT2D eigenvalue weighted by molar-refractivity contribution is 5.79. The van der Waals surface area contributed by atoms with Crippen LogP contribution in [0.1, 0.15) is 27.2 Å². The van der Waals surface area contributed by atoms with E-state index in [1.165, 1.54) is 7.11 Å². The summed E-state index contributed by atoms with van der Waals surface area (Å²) in [5.74, 6) is -0.787. The predicted molar refractivity (Wildman–Crippen MR) is 48.1 cm³/mol. The molecule has 0 saturated heterocycles. The number of methoxy groups -OCH3 is 1. The Hall–Kier alpha value is -0.610. The smallest absolute Gasteiger partial charge is 0.340 e. The second kappa shape index (κ2) is 4.07. The Morgan fingerprint density at radius 2 is 1.85 bits per heavy atom. The molecule has 0 spiro atoms. The molecule has 0 rings (SSSR count). The van der Waals surface area contributed by atoms with Crippen molar-refractivity contribution in [2.24, 2.45) is 5.41 Å². The summed E-state index contributed by atoms with van der Waals surface area (Å²) in [4.78, 5) is 11.1. The van der Waals surface area contributed by atoms with Crippen LogP contribution in [0.5, 0.6) is 0 Å². The quantitative estimate of drug-likeness (QED) is 0.629. The molecular formula is C9H18O4. The molecule has 78 valence electrons. The molecule has 0 bridgehead atoms. The van der Waals surface area contributed by atoms with E-state index in [9.17, 15) is 9.90 Å². The minimum absolute atomic E-state index is 0.170. The topological polar surface area (TPSA) is 66.8 Å². The summed E-state index contributed by atoms with van der Waals surface area (Å²) in [6.45, 7) is 5.00. The van der Waals surface area contributed by atoms with Crippen molar-refractivity contribution < 1.29 is 19.7 Å². The fourth-order valence-corrected chi connectivity index (χ4v) is 1.26. The summed E-state index contributed by atoms with van der Waals surface area (Å²) in [6, 6.07) is 0. The molecule has 0 aliphatic carbocycles. The Balaban J connectivity index is 4.55. The van der Waals surface area contributed by atoms with Crippen LogP contribution in [0.25, 0.3) is 0 Å². The number of esters is 1. The highest BCUT2D eigenvalue weighted by Gasteiger charge is 2.40. The van der Waals surface area contributed by atoms with Crippen molar-refractivity contribution in [3.8, 4) is 0 Å². The van der Waals surface area contributed by atoms with Gasteiger partial charge in [0.15, 0.2) is 5.60 Å². The van der Waals surface area contributed by atoms with Gasteiger partial charge in [0.25, 0.3) is 0 Å². The van der Waals surface area contributed by atoms with Crippen molar-refractivity contribution in [2.75, 3.05) is 13.7 Å². The molecule has 0 amide bonds. The van der Waals surface area contributed by atoms with Crippen LogP contribution >= 0.6 is 0 Å². The largest absolute Gasteiger partial charge is 0.467 e. The van der Waals surface area contributed by atoms with Gasteiger partial charge in [-0.25, -0.2) is 4.79 Å². The Kier molecular flexibility index (Phi) is 3.88. The van der Waals surface area contributed by atoms with Crippen LogP contribution in [0.3, 0.4) is 0 Å². The van der Waals surface area contributed by atoms with Crippen LogP contribution in [0.4, 0.5) is 0 Å². The van der Waals surface area contributed by atoms with E-state index >= 15 is 0 Å². The van der Waals surface area contributed by atoms with Crippen LogP contribution in [-0.4, -0.2) is 35.5 Å². The van der Waals surface area contributed by atoms with E-state index in [2.05, 4.69) is 4.74 Å². The van der Waals surface area contributed by atoms with E-state index in [4.69, 9.17) is 5.11 Å². The van der Waals surface area contributed by atoms with Crippen LogP contribution in [-0.2, 0) is 9.53 Å². The summed E-state index contributed by atoms with van der Waals surface area (Å²) < 4.78 is 4.40. The number of aliphatic hydroxyl groups is 2. The van der Waals surface area contributed by atoms with Gasteiger partial charge in [0, 0.05) is 0 Å². The first-order valence-corrected chi connectivity index (χ1v) is 4.17. The number of carbonyl (C=O) groups is 1. The summed E-state index contributed by atoms with van der Waals surface area (Å²) in [5, 5.41) is 18.6. The molecule has 4 heteroatoms. The monoisotopic (exact) mass is 190 g/mol.